The van der Waals surface area contributed by atoms with Gasteiger partial charge in [-0.05, 0) is 31.3 Å². The highest BCUT2D eigenvalue weighted by Crippen LogP contribution is 2.30. The number of ketones is 1. The monoisotopic (exact) mass is 277 g/mol. The van der Waals surface area contributed by atoms with E-state index < -0.39 is 0 Å². The number of ether oxygens (including phenoxy) is 2. The molecule has 0 saturated heterocycles. The molecule has 1 aromatic carbocycles. The predicted octanol–water partition coefficient (Wildman–Crippen LogP) is 2.76. The lowest BCUT2D eigenvalue weighted by molar-refractivity contribution is 0.0966. The van der Waals surface area contributed by atoms with Crippen LogP contribution in [0, 0.1) is 0 Å². The molecule has 0 atom stereocenters. The Hall–Kier alpha value is -1.55. The highest BCUT2D eigenvalue weighted by atomic mass is 16.5. The van der Waals surface area contributed by atoms with Crippen molar-refractivity contribution >= 4 is 5.78 Å². The van der Waals surface area contributed by atoms with E-state index in [1.165, 1.54) is 0 Å². The van der Waals surface area contributed by atoms with Crippen molar-refractivity contribution in [1.82, 2.24) is 4.90 Å². The van der Waals surface area contributed by atoms with Crippen LogP contribution in [0.4, 0.5) is 0 Å². The molecule has 4 nitrogen and oxygen atoms in total. The van der Waals surface area contributed by atoms with Crippen LogP contribution in [-0.2, 0) is 0 Å². The maximum atomic E-state index is 12.2. The molecule has 0 aliphatic carbocycles. The van der Waals surface area contributed by atoms with Crippen LogP contribution in [-0.4, -0.2) is 43.5 Å². The molecule has 0 bridgehead atoms. The van der Waals surface area contributed by atoms with Crippen LogP contribution in [0.25, 0.3) is 0 Å². The molecule has 1 aliphatic rings. The van der Waals surface area contributed by atoms with Crippen molar-refractivity contribution < 1.29 is 14.3 Å². The molecule has 1 aromatic rings. The summed E-state index contributed by atoms with van der Waals surface area (Å²) in [5.41, 5.74) is 0.710. The molecule has 0 amide bonds. The van der Waals surface area contributed by atoms with E-state index in [-0.39, 0.29) is 5.78 Å². The molecule has 0 spiro atoms. The number of carbonyl (C=O) groups excluding carboxylic acids is 1. The average Bonchev–Trinajstić information content (AvgIpc) is 2.72. The van der Waals surface area contributed by atoms with E-state index in [1.807, 2.05) is 18.2 Å². The fourth-order valence-corrected chi connectivity index (χ4v) is 2.28. The fourth-order valence-electron chi connectivity index (χ4n) is 2.28. The van der Waals surface area contributed by atoms with Crippen molar-refractivity contribution in [1.29, 1.82) is 0 Å². The summed E-state index contributed by atoms with van der Waals surface area (Å²) in [6, 6.07) is 5.48. The predicted molar refractivity (Wildman–Crippen MR) is 78.8 cm³/mol. The largest absolute Gasteiger partial charge is 0.490 e. The zero-order valence-corrected chi connectivity index (χ0v) is 12.4. The molecular formula is C16H23NO3. The lowest BCUT2D eigenvalue weighted by atomic mass is 10.1. The zero-order chi connectivity index (χ0) is 14.4. The van der Waals surface area contributed by atoms with Gasteiger partial charge in [-0.15, -0.1) is 0 Å². The van der Waals surface area contributed by atoms with Crippen LogP contribution in [0.15, 0.2) is 18.2 Å². The van der Waals surface area contributed by atoms with Crippen LogP contribution < -0.4 is 9.47 Å². The Bertz CT molecular complexity index is 455. The second-order valence-electron chi connectivity index (χ2n) is 4.91. The van der Waals surface area contributed by atoms with Gasteiger partial charge >= 0.3 is 0 Å². The summed E-state index contributed by atoms with van der Waals surface area (Å²) in [4.78, 5) is 14.5. The molecule has 0 radical (unpaired) electrons. The van der Waals surface area contributed by atoms with E-state index in [1.54, 1.807) is 0 Å². The maximum absolute atomic E-state index is 12.2. The smallest absolute Gasteiger partial charge is 0.164 e. The highest BCUT2D eigenvalue weighted by Gasteiger charge is 2.14. The number of carbonyl (C=O) groups is 1. The van der Waals surface area contributed by atoms with Crippen molar-refractivity contribution in [2.24, 2.45) is 0 Å². The fraction of sp³-hybridized carbons (Fsp3) is 0.562. The van der Waals surface area contributed by atoms with Gasteiger partial charge in [0.15, 0.2) is 17.3 Å². The number of benzene rings is 1. The van der Waals surface area contributed by atoms with Crippen molar-refractivity contribution in [3.63, 3.8) is 0 Å². The maximum Gasteiger partial charge on any atom is 0.164 e. The number of hydrogen-bond acceptors (Lipinski definition) is 4. The van der Waals surface area contributed by atoms with Crippen LogP contribution in [0.3, 0.4) is 0 Å². The van der Waals surface area contributed by atoms with Crippen molar-refractivity contribution in [2.45, 2.75) is 26.7 Å². The normalized spacial score (nSPS) is 14.2. The Morgan fingerprint density at radius 1 is 1.15 bits per heavy atom. The minimum atomic E-state index is 0.160. The van der Waals surface area contributed by atoms with E-state index in [9.17, 15) is 4.79 Å². The summed E-state index contributed by atoms with van der Waals surface area (Å²) in [7, 11) is 0. The molecule has 0 N–H and O–H groups in total. The number of nitrogens with zero attached hydrogens (tertiary/aromatic N) is 1. The highest BCUT2D eigenvalue weighted by molar-refractivity contribution is 5.96. The van der Waals surface area contributed by atoms with Gasteiger partial charge in [-0.1, -0.05) is 13.8 Å². The van der Waals surface area contributed by atoms with Gasteiger partial charge in [0.05, 0.1) is 13.2 Å². The van der Waals surface area contributed by atoms with Gasteiger partial charge in [-0.25, -0.2) is 0 Å². The van der Waals surface area contributed by atoms with Gasteiger partial charge in [-0.3, -0.25) is 4.79 Å². The Morgan fingerprint density at radius 3 is 2.55 bits per heavy atom. The summed E-state index contributed by atoms with van der Waals surface area (Å²) in [5, 5.41) is 0. The summed E-state index contributed by atoms with van der Waals surface area (Å²) < 4.78 is 11.2. The lowest BCUT2D eigenvalue weighted by Gasteiger charge is -2.17. The molecule has 0 saturated carbocycles. The van der Waals surface area contributed by atoms with Crippen LogP contribution in [0.2, 0.25) is 0 Å². The van der Waals surface area contributed by atoms with Gasteiger partial charge in [0.25, 0.3) is 0 Å². The van der Waals surface area contributed by atoms with E-state index in [0.717, 1.165) is 31.8 Å². The van der Waals surface area contributed by atoms with Gasteiger partial charge in [0, 0.05) is 24.9 Å². The van der Waals surface area contributed by atoms with Gasteiger partial charge in [-0.2, -0.15) is 0 Å². The summed E-state index contributed by atoms with van der Waals surface area (Å²) >= 11 is 0. The van der Waals surface area contributed by atoms with Gasteiger partial charge in [0.1, 0.15) is 0 Å². The lowest BCUT2D eigenvalue weighted by Crippen LogP contribution is -2.25. The molecule has 0 aromatic heterocycles. The minimum absolute atomic E-state index is 0.160. The van der Waals surface area contributed by atoms with Gasteiger partial charge < -0.3 is 14.4 Å². The molecule has 2 rings (SSSR count). The third-order valence-corrected chi connectivity index (χ3v) is 3.62. The van der Waals surface area contributed by atoms with E-state index in [4.69, 9.17) is 9.47 Å². The first kappa shape index (κ1) is 14.9. The topological polar surface area (TPSA) is 38.8 Å². The Labute approximate surface area is 120 Å². The standard InChI is InChI=1S/C16H23NO3/c1-3-17(4-2)9-8-14(18)13-6-7-15-16(12-13)20-11-5-10-19-15/h6-7,12H,3-5,8-11H2,1-2H3. The number of fused-ring (bicyclic) bond motifs is 1. The molecular weight excluding hydrogens is 254 g/mol. The summed E-state index contributed by atoms with van der Waals surface area (Å²) in [6.07, 6.45) is 1.42. The zero-order valence-electron chi connectivity index (χ0n) is 12.4. The van der Waals surface area contributed by atoms with E-state index in [2.05, 4.69) is 18.7 Å². The number of Topliss-reactive ketones (excluding diaryl/α,β-unsaturated/α-hetero) is 1. The first-order valence-corrected chi connectivity index (χ1v) is 7.39. The molecule has 1 heterocycles. The van der Waals surface area contributed by atoms with Crippen LogP contribution in [0.5, 0.6) is 11.5 Å². The van der Waals surface area contributed by atoms with Crippen LogP contribution >= 0.6 is 0 Å². The Morgan fingerprint density at radius 2 is 1.85 bits per heavy atom. The minimum Gasteiger partial charge on any atom is -0.490 e. The first-order chi connectivity index (χ1) is 9.74. The molecule has 0 unspecified atom stereocenters. The van der Waals surface area contributed by atoms with Crippen molar-refractivity contribution in [3.8, 4) is 11.5 Å². The number of rotatable bonds is 6. The quantitative estimate of drug-likeness (QED) is 0.749. The average molecular weight is 277 g/mol. The second kappa shape index (κ2) is 7.29. The molecule has 110 valence electrons. The van der Waals surface area contributed by atoms with E-state index >= 15 is 0 Å². The molecule has 4 heteroatoms. The van der Waals surface area contributed by atoms with E-state index in [0.29, 0.717) is 30.9 Å². The number of hydrogen-bond donors (Lipinski definition) is 0. The molecule has 0 fully saturated rings. The Balaban J connectivity index is 2.01. The second-order valence-corrected chi connectivity index (χ2v) is 4.91. The van der Waals surface area contributed by atoms with Crippen LogP contribution in [0.1, 0.15) is 37.0 Å². The summed E-state index contributed by atoms with van der Waals surface area (Å²) in [6.45, 7) is 8.30. The third kappa shape index (κ3) is 3.73. The van der Waals surface area contributed by atoms with Crippen molar-refractivity contribution in [2.75, 3.05) is 32.8 Å². The first-order valence-electron chi connectivity index (χ1n) is 7.39. The Kier molecular flexibility index (Phi) is 5.41. The SMILES string of the molecule is CCN(CC)CCC(=O)c1ccc2c(c1)OCCCO2. The molecule has 1 aliphatic heterocycles. The van der Waals surface area contributed by atoms with Gasteiger partial charge in [0.2, 0.25) is 0 Å². The summed E-state index contributed by atoms with van der Waals surface area (Å²) in [5.74, 6) is 1.59. The van der Waals surface area contributed by atoms with Crippen molar-refractivity contribution in [3.05, 3.63) is 23.8 Å². The third-order valence-electron chi connectivity index (χ3n) is 3.62. The molecule has 20 heavy (non-hydrogen) atoms.